The van der Waals surface area contributed by atoms with Crippen LogP contribution in [0.1, 0.15) is 52.0 Å². The molecule has 1 saturated carbocycles. The Bertz CT molecular complexity index is 2620. The maximum absolute atomic E-state index is 14.7. The molecule has 0 N–H and O–H groups in total. The van der Waals surface area contributed by atoms with Gasteiger partial charge in [0.2, 0.25) is 0 Å². The lowest BCUT2D eigenvalue weighted by atomic mass is 9.97. The van der Waals surface area contributed by atoms with Crippen LogP contribution in [0.25, 0.3) is 43.6 Å². The highest BCUT2D eigenvalue weighted by molar-refractivity contribution is 6.31. The second-order valence-electron chi connectivity index (χ2n) is 14.2. The summed E-state index contributed by atoms with van der Waals surface area (Å²) in [5.74, 6) is 1.74. The zero-order valence-corrected chi connectivity index (χ0v) is 29.2. The number of hydrogen-bond donors (Lipinski definition) is 0. The first-order chi connectivity index (χ1) is 25.5. The molecule has 1 amide bonds. The number of carbonyl (C=O) groups is 2. The van der Waals surface area contributed by atoms with Crippen LogP contribution in [0, 0.1) is 0 Å². The number of methoxy groups -OCH3 is 3. The molecule has 52 heavy (non-hydrogen) atoms. The summed E-state index contributed by atoms with van der Waals surface area (Å²) in [5.41, 5.74) is 8.16. The summed E-state index contributed by atoms with van der Waals surface area (Å²) in [6.07, 6.45) is 1.28. The molecule has 260 valence electrons. The molecule has 3 atom stereocenters. The van der Waals surface area contributed by atoms with Crippen LogP contribution in [0.2, 0.25) is 0 Å². The van der Waals surface area contributed by atoms with Gasteiger partial charge in [-0.15, -0.1) is 0 Å². The maximum Gasteiger partial charge on any atom is 0.310 e. The third kappa shape index (κ3) is 4.34. The van der Waals surface area contributed by atoms with Gasteiger partial charge in [-0.2, -0.15) is 0 Å². The largest absolute Gasteiger partial charge is 0.497 e. The molecular formula is C43H37N3O6. The fourth-order valence-electron chi connectivity index (χ4n) is 9.37. The number of nitrogens with zero attached hydrogens (tertiary/aromatic N) is 3. The number of rotatable bonds is 8. The van der Waals surface area contributed by atoms with Crippen molar-refractivity contribution >= 4 is 55.5 Å². The molecule has 2 aliphatic heterocycles. The maximum atomic E-state index is 14.7. The number of para-hydroxylation sites is 2. The quantitative estimate of drug-likeness (QED) is 0.150. The summed E-state index contributed by atoms with van der Waals surface area (Å²) in [4.78, 5) is 30.4. The van der Waals surface area contributed by atoms with Crippen LogP contribution in [0.4, 0.5) is 0 Å². The zero-order chi connectivity index (χ0) is 35.2. The van der Waals surface area contributed by atoms with Crippen LogP contribution in [0.3, 0.4) is 0 Å². The molecule has 4 heterocycles. The van der Waals surface area contributed by atoms with E-state index in [-0.39, 0.29) is 36.5 Å². The lowest BCUT2D eigenvalue weighted by molar-refractivity contribution is -0.149. The van der Waals surface area contributed by atoms with Gasteiger partial charge in [0.15, 0.2) is 11.5 Å². The first-order valence-electron chi connectivity index (χ1n) is 17.8. The molecule has 0 radical (unpaired) electrons. The normalized spacial score (nSPS) is 18.9. The molecule has 5 aromatic carbocycles. The van der Waals surface area contributed by atoms with Crippen molar-refractivity contribution in [3.8, 4) is 17.2 Å². The average Bonchev–Trinajstić information content (AvgIpc) is 3.88. The Morgan fingerprint density at radius 3 is 2.13 bits per heavy atom. The Hall–Kier alpha value is -5.96. The summed E-state index contributed by atoms with van der Waals surface area (Å²) in [7, 11) is 4.84. The minimum absolute atomic E-state index is 0.0414. The minimum Gasteiger partial charge on any atom is -0.497 e. The molecule has 3 aliphatic rings. The molecular weight excluding hydrogens is 654 g/mol. The van der Waals surface area contributed by atoms with E-state index in [0.29, 0.717) is 31.0 Å². The summed E-state index contributed by atoms with van der Waals surface area (Å²) in [5, 5.41) is 4.35. The van der Waals surface area contributed by atoms with E-state index in [9.17, 15) is 9.59 Å². The Kier molecular flexibility index (Phi) is 6.84. The van der Waals surface area contributed by atoms with Gasteiger partial charge in [0.25, 0.3) is 5.91 Å². The lowest BCUT2D eigenvalue weighted by Crippen LogP contribution is -2.26. The number of benzene rings is 5. The van der Waals surface area contributed by atoms with Crippen molar-refractivity contribution in [3.05, 3.63) is 113 Å². The van der Waals surface area contributed by atoms with Gasteiger partial charge >= 0.3 is 5.97 Å². The second-order valence-corrected chi connectivity index (χ2v) is 14.2. The molecule has 0 saturated heterocycles. The van der Waals surface area contributed by atoms with E-state index in [0.717, 1.165) is 72.5 Å². The molecule has 7 aromatic rings. The van der Waals surface area contributed by atoms with Gasteiger partial charge in [-0.25, -0.2) is 0 Å². The Balaban J connectivity index is 1.13. The van der Waals surface area contributed by atoms with Crippen molar-refractivity contribution < 1.29 is 28.5 Å². The van der Waals surface area contributed by atoms with Gasteiger partial charge in [0.1, 0.15) is 11.9 Å². The highest BCUT2D eigenvalue weighted by atomic mass is 16.5. The van der Waals surface area contributed by atoms with E-state index in [4.69, 9.17) is 18.9 Å². The Morgan fingerprint density at radius 1 is 0.731 bits per heavy atom. The molecule has 9 heteroatoms. The molecule has 2 aromatic heterocycles. The molecule has 9 nitrogen and oxygen atoms in total. The van der Waals surface area contributed by atoms with E-state index in [1.165, 1.54) is 5.52 Å². The van der Waals surface area contributed by atoms with Gasteiger partial charge < -0.3 is 33.0 Å². The predicted molar refractivity (Wildman–Crippen MR) is 199 cm³/mol. The van der Waals surface area contributed by atoms with Crippen LogP contribution in [0.15, 0.2) is 91.0 Å². The highest BCUT2D eigenvalue weighted by Gasteiger charge is 2.46. The first kappa shape index (κ1) is 30.8. The SMILES string of the molecule is COc1ccc(CN2Cc3c(c4c5ccccc5n5c4c4c3c3ccccc3n4[C@H]3C[C@H](OC(=O)Cc4ccc(OC)c(OC)c4)[C@H]5C3)C2=O)cc1. The third-order valence-electron chi connectivity index (χ3n) is 11.5. The van der Waals surface area contributed by atoms with Gasteiger partial charge in [0, 0.05) is 58.1 Å². The van der Waals surface area contributed by atoms with Crippen molar-refractivity contribution in [1.29, 1.82) is 0 Å². The zero-order valence-electron chi connectivity index (χ0n) is 29.2. The number of amides is 1. The van der Waals surface area contributed by atoms with Gasteiger partial charge in [-0.05, 0) is 59.5 Å². The van der Waals surface area contributed by atoms with E-state index < -0.39 is 0 Å². The topological polar surface area (TPSA) is 84.2 Å². The van der Waals surface area contributed by atoms with E-state index in [1.54, 1.807) is 21.3 Å². The van der Waals surface area contributed by atoms with Crippen molar-refractivity contribution in [3.63, 3.8) is 0 Å². The fraction of sp³-hybridized carbons (Fsp3) is 0.256. The number of fused-ring (bicyclic) bond motifs is 13. The molecule has 1 fully saturated rings. The van der Waals surface area contributed by atoms with E-state index >= 15 is 0 Å². The van der Waals surface area contributed by atoms with Crippen LogP contribution in [-0.4, -0.2) is 53.3 Å². The summed E-state index contributed by atoms with van der Waals surface area (Å²) in [6.45, 7) is 1.03. The molecule has 1 aliphatic carbocycles. The van der Waals surface area contributed by atoms with Crippen molar-refractivity contribution in [1.82, 2.24) is 14.0 Å². The number of esters is 1. The standard InChI is InChI=1S/C43H37N3O6/c1-49-27-15-12-24(13-16-27)22-44-23-30-38-28-8-4-6-10-31(28)45-26-20-33(35(21-26)52-37(47)19-25-14-17-34(50-2)36(18-25)51-3)46-32-11-7-5-9-29(32)39(40(30)43(44)48)42(46)41(38)45/h4-18,26,33,35H,19-23H2,1-3H3/t26-,33-,35+/m1/s1. The fourth-order valence-corrected chi connectivity index (χ4v) is 9.37. The highest BCUT2D eigenvalue weighted by Crippen LogP contribution is 2.55. The second kappa shape index (κ2) is 11.5. The van der Waals surface area contributed by atoms with Gasteiger partial charge in [-0.3, -0.25) is 9.59 Å². The summed E-state index contributed by atoms with van der Waals surface area (Å²) in [6, 6.07) is 30.4. The monoisotopic (exact) mass is 691 g/mol. The lowest BCUT2D eigenvalue weighted by Gasteiger charge is -2.24. The minimum atomic E-state index is -0.350. The number of ether oxygens (including phenoxy) is 4. The van der Waals surface area contributed by atoms with E-state index in [2.05, 4.69) is 57.7 Å². The van der Waals surface area contributed by atoms with Crippen molar-refractivity contribution in [2.24, 2.45) is 0 Å². The smallest absolute Gasteiger partial charge is 0.310 e. The van der Waals surface area contributed by atoms with Crippen LogP contribution in [-0.2, 0) is 29.0 Å². The van der Waals surface area contributed by atoms with Gasteiger partial charge in [-0.1, -0.05) is 54.6 Å². The molecule has 0 unspecified atom stereocenters. The first-order valence-corrected chi connectivity index (χ1v) is 17.8. The van der Waals surface area contributed by atoms with Gasteiger partial charge in [0.05, 0.1) is 50.4 Å². The summed E-state index contributed by atoms with van der Waals surface area (Å²) < 4.78 is 27.6. The Labute approximate surface area is 299 Å². The van der Waals surface area contributed by atoms with E-state index in [1.807, 2.05) is 47.4 Å². The molecule has 2 bridgehead atoms. The number of aromatic nitrogens is 2. The van der Waals surface area contributed by atoms with Crippen LogP contribution < -0.4 is 14.2 Å². The average molecular weight is 692 g/mol. The number of hydrogen-bond acceptors (Lipinski definition) is 6. The number of carbonyl (C=O) groups excluding carboxylic acids is 2. The predicted octanol–water partition coefficient (Wildman–Crippen LogP) is 8.13. The van der Waals surface area contributed by atoms with Crippen LogP contribution in [0.5, 0.6) is 17.2 Å². The molecule has 10 rings (SSSR count). The summed E-state index contributed by atoms with van der Waals surface area (Å²) >= 11 is 0. The van der Waals surface area contributed by atoms with Crippen LogP contribution >= 0.6 is 0 Å². The van der Waals surface area contributed by atoms with Crippen molar-refractivity contribution in [2.45, 2.75) is 50.5 Å². The Morgan fingerprint density at radius 2 is 1.40 bits per heavy atom. The third-order valence-corrected chi connectivity index (χ3v) is 11.5. The van der Waals surface area contributed by atoms with Crippen molar-refractivity contribution in [2.75, 3.05) is 21.3 Å². The molecule has 0 spiro atoms.